The monoisotopic (exact) mass is 1320 g/mol. The summed E-state index contributed by atoms with van der Waals surface area (Å²) >= 11 is 0. The minimum absolute atomic E-state index is 0.102. The highest BCUT2D eigenvalue weighted by Crippen LogP contribution is 2.45. The van der Waals surface area contributed by atoms with E-state index in [1.807, 2.05) is 0 Å². The first-order valence-corrected chi connectivity index (χ1v) is 40.1. The number of hydrogen-bond donors (Lipinski definition) is 3. The van der Waals surface area contributed by atoms with E-state index in [0.29, 0.717) is 31.6 Å². The largest absolute Gasteiger partial charge is 0.472 e. The first kappa shape index (κ1) is 88.1. The third-order valence-corrected chi connectivity index (χ3v) is 18.4. The predicted octanol–water partition coefficient (Wildman–Crippen LogP) is 20.5. The van der Waals surface area contributed by atoms with E-state index < -0.39 is 97.5 Å². The van der Waals surface area contributed by atoms with Gasteiger partial charge in [0.05, 0.1) is 26.4 Å². The number of phosphoric acid groups is 2. The van der Waals surface area contributed by atoms with Crippen LogP contribution in [0.15, 0.2) is 0 Å². The van der Waals surface area contributed by atoms with Gasteiger partial charge in [-0.1, -0.05) is 317 Å². The fourth-order valence-corrected chi connectivity index (χ4v) is 12.4. The molecule has 0 aromatic rings. The number of carbonyl (C=O) groups is 4. The standard InChI is InChI=1S/C71H138O17P2/c1-6-9-12-15-18-21-23-25-26-27-28-29-30-31-32-33-35-37-40-46-51-56-70(75)87-66(60-82-69(74)55-50-45-39-36-34-24-22-19-16-13-10-7-2)62-85-89(77,78)83-58-65(72)59-84-90(79,80)86-63-67(61-81-68(73)54-49-44-38-20-17-14-11-8-3)88-71(76)57-52-47-42-41-43-48-53-64(4)5/h64-67,72H,6-63H2,1-5H3,(H,77,78)(H,79,80)/t65-,66-,67-/m1/s1. The van der Waals surface area contributed by atoms with E-state index in [1.54, 1.807) is 0 Å². The normalized spacial score (nSPS) is 14.1. The van der Waals surface area contributed by atoms with Gasteiger partial charge in [-0.05, 0) is 31.6 Å². The molecule has 90 heavy (non-hydrogen) atoms. The number of phosphoric ester groups is 2. The van der Waals surface area contributed by atoms with Crippen molar-refractivity contribution in [3.05, 3.63) is 0 Å². The molecule has 19 heteroatoms. The highest BCUT2D eigenvalue weighted by atomic mass is 31.2. The molecular formula is C71H138O17P2. The smallest absolute Gasteiger partial charge is 0.462 e. The lowest BCUT2D eigenvalue weighted by Crippen LogP contribution is -2.30. The van der Waals surface area contributed by atoms with Crippen LogP contribution in [0.25, 0.3) is 0 Å². The summed E-state index contributed by atoms with van der Waals surface area (Å²) in [6.07, 6.45) is 51.7. The van der Waals surface area contributed by atoms with Crippen molar-refractivity contribution in [2.75, 3.05) is 39.6 Å². The second-order valence-corrected chi connectivity index (χ2v) is 29.0. The lowest BCUT2D eigenvalue weighted by atomic mass is 10.0. The summed E-state index contributed by atoms with van der Waals surface area (Å²) in [5.74, 6) is -1.46. The van der Waals surface area contributed by atoms with Crippen molar-refractivity contribution in [1.82, 2.24) is 0 Å². The third-order valence-electron chi connectivity index (χ3n) is 16.5. The lowest BCUT2D eigenvalue weighted by molar-refractivity contribution is -0.161. The molecule has 0 aliphatic rings. The summed E-state index contributed by atoms with van der Waals surface area (Å²) in [7, 11) is -9.89. The number of carbonyl (C=O) groups excluding carboxylic acids is 4. The molecule has 0 aliphatic carbocycles. The maximum atomic E-state index is 13.0. The second-order valence-electron chi connectivity index (χ2n) is 26.1. The van der Waals surface area contributed by atoms with E-state index in [9.17, 15) is 43.2 Å². The van der Waals surface area contributed by atoms with Crippen molar-refractivity contribution in [2.24, 2.45) is 5.92 Å². The Labute approximate surface area is 549 Å². The number of aliphatic hydroxyl groups excluding tert-OH is 1. The summed E-state index contributed by atoms with van der Waals surface area (Å²) in [6, 6.07) is 0. The molecule has 5 atom stereocenters. The van der Waals surface area contributed by atoms with Crippen LogP contribution >= 0.6 is 15.6 Å². The van der Waals surface area contributed by atoms with Gasteiger partial charge in [0.25, 0.3) is 0 Å². The van der Waals surface area contributed by atoms with Crippen molar-refractivity contribution >= 4 is 39.5 Å². The van der Waals surface area contributed by atoms with E-state index in [0.717, 1.165) is 96.3 Å². The summed E-state index contributed by atoms with van der Waals surface area (Å²) in [6.45, 7) is 7.13. The summed E-state index contributed by atoms with van der Waals surface area (Å²) in [5.41, 5.74) is 0. The van der Waals surface area contributed by atoms with E-state index in [4.69, 9.17) is 37.0 Å². The van der Waals surface area contributed by atoms with Crippen LogP contribution in [-0.4, -0.2) is 96.7 Å². The van der Waals surface area contributed by atoms with Gasteiger partial charge in [0.1, 0.15) is 19.3 Å². The zero-order valence-electron chi connectivity index (χ0n) is 58.3. The number of esters is 4. The Morgan fingerprint density at radius 3 is 0.756 bits per heavy atom. The summed E-state index contributed by atoms with van der Waals surface area (Å²) < 4.78 is 68.2. The van der Waals surface area contributed by atoms with E-state index >= 15 is 0 Å². The van der Waals surface area contributed by atoms with Gasteiger partial charge >= 0.3 is 39.5 Å². The van der Waals surface area contributed by atoms with Crippen LogP contribution in [0.5, 0.6) is 0 Å². The van der Waals surface area contributed by atoms with Crippen molar-refractivity contribution in [2.45, 2.75) is 387 Å². The summed E-state index contributed by atoms with van der Waals surface area (Å²) in [5, 5.41) is 10.6. The zero-order chi connectivity index (χ0) is 66.3. The van der Waals surface area contributed by atoms with Crippen LogP contribution in [0.2, 0.25) is 0 Å². The van der Waals surface area contributed by atoms with Gasteiger partial charge in [0.15, 0.2) is 12.2 Å². The molecule has 0 aromatic heterocycles. The molecule has 0 radical (unpaired) electrons. The van der Waals surface area contributed by atoms with Crippen LogP contribution in [-0.2, 0) is 65.4 Å². The van der Waals surface area contributed by atoms with E-state index in [-0.39, 0.29) is 25.7 Å². The Morgan fingerprint density at radius 2 is 0.511 bits per heavy atom. The van der Waals surface area contributed by atoms with Crippen molar-refractivity contribution in [3.8, 4) is 0 Å². The van der Waals surface area contributed by atoms with Gasteiger partial charge in [-0.25, -0.2) is 9.13 Å². The SMILES string of the molecule is CCCCCCCCCCCCCCCCCCCCCCCC(=O)O[C@H](COC(=O)CCCCCCCCCCCCCC)COP(=O)(O)OC[C@@H](O)COP(=O)(O)OC[C@@H](COC(=O)CCCCCCCCCC)OC(=O)CCCCCCCCC(C)C. The lowest BCUT2D eigenvalue weighted by Gasteiger charge is -2.21. The van der Waals surface area contributed by atoms with Crippen LogP contribution in [0.4, 0.5) is 0 Å². The highest BCUT2D eigenvalue weighted by Gasteiger charge is 2.30. The number of ether oxygens (including phenoxy) is 4. The Kier molecular flexibility index (Phi) is 63.0. The first-order valence-electron chi connectivity index (χ1n) is 37.1. The van der Waals surface area contributed by atoms with Crippen molar-refractivity contribution < 1.29 is 80.2 Å². The molecule has 17 nitrogen and oxygen atoms in total. The van der Waals surface area contributed by atoms with Crippen molar-refractivity contribution in [1.29, 1.82) is 0 Å². The fraction of sp³-hybridized carbons (Fsp3) is 0.944. The second kappa shape index (κ2) is 64.4. The number of hydrogen-bond acceptors (Lipinski definition) is 15. The topological polar surface area (TPSA) is 237 Å². The molecule has 0 rings (SSSR count). The average Bonchev–Trinajstić information content (AvgIpc) is 2.83. The third kappa shape index (κ3) is 64.8. The number of unbranched alkanes of at least 4 members (excludes halogenated alkanes) is 43. The van der Waals surface area contributed by atoms with Gasteiger partial charge in [0, 0.05) is 25.7 Å². The van der Waals surface area contributed by atoms with Gasteiger partial charge in [0.2, 0.25) is 0 Å². The number of aliphatic hydroxyl groups is 1. The average molecular weight is 1330 g/mol. The quantitative estimate of drug-likeness (QED) is 0.0222. The molecule has 2 unspecified atom stereocenters. The molecule has 3 N–H and O–H groups in total. The molecule has 0 spiro atoms. The van der Waals surface area contributed by atoms with Gasteiger partial charge in [-0.3, -0.25) is 37.3 Å². The predicted molar refractivity (Wildman–Crippen MR) is 363 cm³/mol. The minimum Gasteiger partial charge on any atom is -0.462 e. The Hall–Kier alpha value is -1.94. The number of rotatable bonds is 71. The highest BCUT2D eigenvalue weighted by molar-refractivity contribution is 7.47. The molecule has 0 fully saturated rings. The Bertz CT molecular complexity index is 1740. The molecule has 0 amide bonds. The van der Waals surface area contributed by atoms with Crippen molar-refractivity contribution in [3.63, 3.8) is 0 Å². The molecule has 0 saturated carbocycles. The molecular weight excluding hydrogens is 1190 g/mol. The maximum absolute atomic E-state index is 13.0. The molecule has 0 aromatic carbocycles. The minimum atomic E-state index is -4.95. The molecule has 534 valence electrons. The van der Waals surface area contributed by atoms with Gasteiger partial charge in [-0.2, -0.15) is 0 Å². The Morgan fingerprint density at radius 1 is 0.300 bits per heavy atom. The maximum Gasteiger partial charge on any atom is 0.472 e. The fourth-order valence-electron chi connectivity index (χ4n) is 10.8. The van der Waals surface area contributed by atoms with E-state index in [2.05, 4.69) is 34.6 Å². The Balaban J connectivity index is 5.14. The van der Waals surface area contributed by atoms with E-state index in [1.165, 1.54) is 186 Å². The van der Waals surface area contributed by atoms with Gasteiger partial charge < -0.3 is 33.8 Å². The molecule has 0 saturated heterocycles. The summed E-state index contributed by atoms with van der Waals surface area (Å²) in [4.78, 5) is 72.4. The molecule has 0 aliphatic heterocycles. The van der Waals surface area contributed by atoms with Crippen LogP contribution in [0.1, 0.15) is 369 Å². The molecule has 0 heterocycles. The van der Waals surface area contributed by atoms with Crippen LogP contribution in [0, 0.1) is 5.92 Å². The van der Waals surface area contributed by atoms with Crippen LogP contribution < -0.4 is 0 Å². The molecule has 0 bridgehead atoms. The first-order chi connectivity index (χ1) is 43.5. The zero-order valence-corrected chi connectivity index (χ0v) is 60.1. The van der Waals surface area contributed by atoms with Gasteiger partial charge in [-0.15, -0.1) is 0 Å². The van der Waals surface area contributed by atoms with Crippen LogP contribution in [0.3, 0.4) is 0 Å².